The van der Waals surface area contributed by atoms with E-state index in [1.807, 2.05) is 23.2 Å². The van der Waals surface area contributed by atoms with Crippen LogP contribution >= 0.6 is 0 Å². The maximum absolute atomic E-state index is 12.7. The van der Waals surface area contributed by atoms with E-state index in [1.165, 1.54) is 13.3 Å². The minimum Gasteiger partial charge on any atom is -0.481 e. The molecule has 1 amide bonds. The second-order valence-electron chi connectivity index (χ2n) is 7.08. The summed E-state index contributed by atoms with van der Waals surface area (Å²) in [4.78, 5) is 22.7. The summed E-state index contributed by atoms with van der Waals surface area (Å²) in [6.45, 7) is 1.79. The van der Waals surface area contributed by atoms with Gasteiger partial charge in [0.2, 0.25) is 5.88 Å². The quantitative estimate of drug-likeness (QED) is 0.801. The number of carbonyl (C=O) groups excluding carboxylic acids is 1. The van der Waals surface area contributed by atoms with E-state index in [-0.39, 0.29) is 11.3 Å². The number of rotatable bonds is 5. The number of nitrogens with one attached hydrogen (secondary N) is 1. The molecule has 2 aromatic heterocycles. The molecule has 2 aromatic rings. The lowest BCUT2D eigenvalue weighted by atomic mass is 9.98. The molecule has 1 unspecified atom stereocenters. The van der Waals surface area contributed by atoms with Gasteiger partial charge in [-0.1, -0.05) is 6.92 Å². The van der Waals surface area contributed by atoms with E-state index in [0.29, 0.717) is 41.7 Å². The van der Waals surface area contributed by atoms with Crippen LogP contribution < -0.4 is 15.0 Å². The molecule has 0 aromatic carbocycles. The van der Waals surface area contributed by atoms with E-state index in [4.69, 9.17) is 4.74 Å². The molecule has 0 saturated carbocycles. The third kappa shape index (κ3) is 4.62. The second kappa shape index (κ2) is 8.57. The number of hydrogen-bond acceptors (Lipinski definition) is 6. The Balaban J connectivity index is 2.18. The molecule has 1 N–H and O–H groups in total. The first-order valence-electron chi connectivity index (χ1n) is 9.27. The van der Waals surface area contributed by atoms with E-state index >= 15 is 0 Å². The summed E-state index contributed by atoms with van der Waals surface area (Å²) >= 11 is 0. The van der Waals surface area contributed by atoms with Crippen molar-refractivity contribution in [3.05, 3.63) is 35.8 Å². The van der Waals surface area contributed by atoms with Gasteiger partial charge in [-0.25, -0.2) is 9.97 Å². The van der Waals surface area contributed by atoms with Crippen LogP contribution in [0, 0.1) is 17.2 Å². The molecule has 1 fully saturated rings. The molecule has 0 bridgehead atoms. The van der Waals surface area contributed by atoms with Gasteiger partial charge < -0.3 is 15.0 Å². The van der Waals surface area contributed by atoms with Gasteiger partial charge in [0.15, 0.2) is 0 Å². The number of ether oxygens (including phenoxy) is 1. The van der Waals surface area contributed by atoms with E-state index in [0.717, 1.165) is 12.6 Å². The Morgan fingerprint density at radius 1 is 1.43 bits per heavy atom. The molecule has 0 aliphatic carbocycles. The van der Waals surface area contributed by atoms with Crippen LogP contribution in [0.1, 0.15) is 29.4 Å². The molecule has 1 saturated heterocycles. The number of aromatic nitrogens is 2. The van der Waals surface area contributed by atoms with Gasteiger partial charge in [-0.05, 0) is 24.0 Å². The Bertz CT molecular complexity index is 987. The highest BCUT2D eigenvalue weighted by atomic mass is 19.4. The maximum Gasteiger partial charge on any atom is 0.405 e. The van der Waals surface area contributed by atoms with Gasteiger partial charge in [-0.2, -0.15) is 18.4 Å². The first kappa shape index (κ1) is 21.4. The van der Waals surface area contributed by atoms with Crippen LogP contribution in [0.2, 0.25) is 0 Å². The van der Waals surface area contributed by atoms with Gasteiger partial charge in [-0.15, -0.1) is 0 Å². The Kier molecular flexibility index (Phi) is 6.10. The Morgan fingerprint density at radius 2 is 2.20 bits per heavy atom. The number of carbonyl (C=O) groups is 1. The molecule has 7 nitrogen and oxygen atoms in total. The largest absolute Gasteiger partial charge is 0.481 e. The minimum atomic E-state index is -4.54. The Hall–Kier alpha value is -3.35. The van der Waals surface area contributed by atoms with Crippen LogP contribution in [0.4, 0.5) is 18.9 Å². The van der Waals surface area contributed by atoms with E-state index in [2.05, 4.69) is 9.97 Å². The molecular formula is C20H20F3N5O2. The van der Waals surface area contributed by atoms with Gasteiger partial charge in [0.1, 0.15) is 18.3 Å². The van der Waals surface area contributed by atoms with Crippen molar-refractivity contribution in [1.82, 2.24) is 15.3 Å². The van der Waals surface area contributed by atoms with Crippen LogP contribution in [-0.4, -0.2) is 48.8 Å². The molecule has 1 atom stereocenters. The molecule has 10 heteroatoms. The zero-order valence-electron chi connectivity index (χ0n) is 16.5. The normalized spacial score (nSPS) is 16.3. The number of amides is 1. The summed E-state index contributed by atoms with van der Waals surface area (Å²) in [5, 5.41) is 11.5. The average Bonchev–Trinajstić information content (AvgIpc) is 3.16. The number of alkyl halides is 3. The van der Waals surface area contributed by atoms with Crippen molar-refractivity contribution < 1.29 is 22.7 Å². The monoisotopic (exact) mass is 419 g/mol. The van der Waals surface area contributed by atoms with E-state index < -0.39 is 18.6 Å². The van der Waals surface area contributed by atoms with Crippen LogP contribution in [0.15, 0.2) is 24.5 Å². The number of nitriles is 1. The molecule has 158 valence electrons. The predicted octanol–water partition coefficient (Wildman–Crippen LogP) is 3.16. The minimum absolute atomic E-state index is 0.0156. The Morgan fingerprint density at radius 3 is 2.80 bits per heavy atom. The smallest absolute Gasteiger partial charge is 0.405 e. The van der Waals surface area contributed by atoms with Crippen molar-refractivity contribution in [3.63, 3.8) is 0 Å². The van der Waals surface area contributed by atoms with Gasteiger partial charge in [0, 0.05) is 37.1 Å². The molecule has 0 spiro atoms. The number of halogens is 3. The first-order valence-corrected chi connectivity index (χ1v) is 9.27. The standard InChI is InChI=1S/C20H20F3N5O2/c1-12-4-6-28(10-12)18-14(19(29)27-11-20(21,22)23)9-26-15(8-24)17(18)13-3-5-25-16(7-13)30-2/h3,5,7,9,12H,4,6,10-11H2,1-2H3,(H,27,29). The fraction of sp³-hybridized carbons (Fsp3) is 0.400. The fourth-order valence-corrected chi connectivity index (χ4v) is 3.44. The van der Waals surface area contributed by atoms with Crippen molar-refractivity contribution in [2.24, 2.45) is 5.92 Å². The summed E-state index contributed by atoms with van der Waals surface area (Å²) in [5.74, 6) is -0.278. The molecule has 1 aliphatic heterocycles. The molecule has 3 heterocycles. The summed E-state index contributed by atoms with van der Waals surface area (Å²) in [7, 11) is 1.44. The van der Waals surface area contributed by atoms with Gasteiger partial charge in [0.25, 0.3) is 5.91 Å². The molecule has 3 rings (SSSR count). The average molecular weight is 419 g/mol. The van der Waals surface area contributed by atoms with Gasteiger partial charge in [-0.3, -0.25) is 4.79 Å². The fourth-order valence-electron chi connectivity index (χ4n) is 3.44. The number of nitrogens with zero attached hydrogens (tertiary/aromatic N) is 4. The summed E-state index contributed by atoms with van der Waals surface area (Å²) in [6, 6.07) is 5.25. The topological polar surface area (TPSA) is 91.1 Å². The highest BCUT2D eigenvalue weighted by molar-refractivity contribution is 6.04. The third-order valence-electron chi connectivity index (χ3n) is 4.82. The van der Waals surface area contributed by atoms with Crippen molar-refractivity contribution >= 4 is 11.6 Å². The number of anilines is 1. The number of pyridine rings is 2. The summed E-state index contributed by atoms with van der Waals surface area (Å²) in [5.41, 5.74) is 1.33. The molecular weight excluding hydrogens is 399 g/mol. The zero-order chi connectivity index (χ0) is 21.9. The van der Waals surface area contributed by atoms with Crippen molar-refractivity contribution in [1.29, 1.82) is 5.26 Å². The highest BCUT2D eigenvalue weighted by Gasteiger charge is 2.32. The van der Waals surface area contributed by atoms with Gasteiger partial charge in [0.05, 0.1) is 18.4 Å². The predicted molar refractivity (Wildman–Crippen MR) is 103 cm³/mol. The summed E-state index contributed by atoms with van der Waals surface area (Å²) < 4.78 is 43.0. The lowest BCUT2D eigenvalue weighted by Gasteiger charge is -2.25. The van der Waals surface area contributed by atoms with E-state index in [1.54, 1.807) is 12.1 Å². The van der Waals surface area contributed by atoms with E-state index in [9.17, 15) is 23.2 Å². The second-order valence-corrected chi connectivity index (χ2v) is 7.08. The number of hydrogen-bond donors (Lipinski definition) is 1. The Labute approximate surface area is 171 Å². The SMILES string of the molecule is COc1cc(-c2c(C#N)ncc(C(=O)NCC(F)(F)F)c2N2CCC(C)C2)ccn1. The zero-order valence-corrected chi connectivity index (χ0v) is 16.5. The van der Waals surface area contributed by atoms with Crippen LogP contribution in [-0.2, 0) is 0 Å². The van der Waals surface area contributed by atoms with Crippen LogP contribution in [0.5, 0.6) is 5.88 Å². The van der Waals surface area contributed by atoms with Crippen molar-refractivity contribution in [2.75, 3.05) is 31.6 Å². The lowest BCUT2D eigenvalue weighted by molar-refractivity contribution is -0.123. The van der Waals surface area contributed by atoms with Gasteiger partial charge >= 0.3 is 6.18 Å². The molecule has 30 heavy (non-hydrogen) atoms. The molecule has 0 radical (unpaired) electrons. The lowest BCUT2D eigenvalue weighted by Crippen LogP contribution is -2.35. The number of methoxy groups -OCH3 is 1. The maximum atomic E-state index is 12.7. The summed E-state index contributed by atoms with van der Waals surface area (Å²) in [6.07, 6.45) is -1.04. The first-order chi connectivity index (χ1) is 14.2. The third-order valence-corrected chi connectivity index (χ3v) is 4.82. The van der Waals surface area contributed by atoms with Crippen molar-refractivity contribution in [2.45, 2.75) is 19.5 Å². The van der Waals surface area contributed by atoms with Crippen LogP contribution in [0.3, 0.4) is 0 Å². The van der Waals surface area contributed by atoms with Crippen LogP contribution in [0.25, 0.3) is 11.1 Å². The highest BCUT2D eigenvalue weighted by Crippen LogP contribution is 2.39. The van der Waals surface area contributed by atoms with Crippen molar-refractivity contribution in [3.8, 4) is 23.1 Å². The molecule has 1 aliphatic rings.